The molecule has 0 atom stereocenters. The lowest BCUT2D eigenvalue weighted by molar-refractivity contribution is -0.138. The van der Waals surface area contributed by atoms with Crippen molar-refractivity contribution in [2.75, 3.05) is 0 Å². The molecule has 0 saturated heterocycles. The molecule has 1 N–H and O–H groups in total. The van der Waals surface area contributed by atoms with Crippen LogP contribution in [0.15, 0.2) is 18.2 Å². The molecule has 0 unspecified atom stereocenters. The Morgan fingerprint density at radius 1 is 1.14 bits per heavy atom. The van der Waals surface area contributed by atoms with Crippen molar-refractivity contribution >= 4 is 0 Å². The third-order valence-corrected chi connectivity index (χ3v) is 2.35. The van der Waals surface area contributed by atoms with Gasteiger partial charge in [0.25, 0.3) is 0 Å². The third-order valence-electron chi connectivity index (χ3n) is 2.35. The Bertz CT molecular complexity index is 282. The van der Waals surface area contributed by atoms with E-state index in [0.29, 0.717) is 5.75 Å². The third kappa shape index (κ3) is 2.48. The van der Waals surface area contributed by atoms with Crippen LogP contribution in [-0.2, 0) is 12.8 Å². The van der Waals surface area contributed by atoms with Gasteiger partial charge in [0.05, 0.1) is 0 Å². The maximum absolute atomic E-state index is 8.74. The van der Waals surface area contributed by atoms with Crippen LogP contribution in [0.1, 0.15) is 37.8 Å². The van der Waals surface area contributed by atoms with Gasteiger partial charge < -0.3 is 4.89 Å². The second-order valence-electron chi connectivity index (χ2n) is 3.49. The van der Waals surface area contributed by atoms with Crippen molar-refractivity contribution in [1.82, 2.24) is 0 Å². The molecule has 0 aliphatic carbocycles. The molecule has 14 heavy (non-hydrogen) atoms. The van der Waals surface area contributed by atoms with Crippen LogP contribution in [0, 0.1) is 0 Å². The normalized spacial score (nSPS) is 10.2. The number of rotatable bonds is 5. The Kier molecular flexibility index (Phi) is 4.47. The van der Waals surface area contributed by atoms with E-state index in [4.69, 9.17) is 5.26 Å². The summed E-state index contributed by atoms with van der Waals surface area (Å²) < 4.78 is 0. The fourth-order valence-electron chi connectivity index (χ4n) is 1.73. The first-order valence-corrected chi connectivity index (χ1v) is 5.25. The predicted molar refractivity (Wildman–Crippen MR) is 57.7 cm³/mol. The lowest BCUT2D eigenvalue weighted by atomic mass is 9.99. The monoisotopic (exact) mass is 194 g/mol. The minimum Gasteiger partial charge on any atom is -0.340 e. The van der Waals surface area contributed by atoms with Crippen LogP contribution in [0.4, 0.5) is 0 Å². The van der Waals surface area contributed by atoms with Crippen LogP contribution in [0.25, 0.3) is 0 Å². The lowest BCUT2D eigenvalue weighted by Crippen LogP contribution is -1.98. The van der Waals surface area contributed by atoms with E-state index >= 15 is 0 Å². The fourth-order valence-corrected chi connectivity index (χ4v) is 1.73. The molecule has 0 aliphatic heterocycles. The molecule has 0 aliphatic rings. The first-order chi connectivity index (χ1) is 6.83. The minimum absolute atomic E-state index is 0.609. The van der Waals surface area contributed by atoms with E-state index in [0.717, 1.165) is 31.2 Å². The highest BCUT2D eigenvalue weighted by Crippen LogP contribution is 2.24. The standard InChI is InChI=1S/C12H18O2/c1-3-6-10-8-5-9-12(14-13)11(10)7-4-2/h5,8-9,13H,3-4,6-7H2,1-2H3. The Morgan fingerprint density at radius 2 is 1.86 bits per heavy atom. The van der Waals surface area contributed by atoms with Gasteiger partial charge >= 0.3 is 0 Å². The highest BCUT2D eigenvalue weighted by molar-refractivity contribution is 5.40. The van der Waals surface area contributed by atoms with Crippen LogP contribution < -0.4 is 4.89 Å². The van der Waals surface area contributed by atoms with Crippen molar-refractivity contribution in [3.63, 3.8) is 0 Å². The number of hydrogen-bond acceptors (Lipinski definition) is 2. The zero-order valence-corrected chi connectivity index (χ0v) is 8.92. The Balaban J connectivity index is 3.00. The van der Waals surface area contributed by atoms with E-state index in [1.54, 1.807) is 0 Å². The molecule has 1 aromatic rings. The molecule has 0 aromatic heterocycles. The van der Waals surface area contributed by atoms with Gasteiger partial charge in [-0.1, -0.05) is 38.8 Å². The van der Waals surface area contributed by atoms with Crippen molar-refractivity contribution in [2.45, 2.75) is 39.5 Å². The number of benzene rings is 1. The summed E-state index contributed by atoms with van der Waals surface area (Å²) in [6, 6.07) is 5.84. The highest BCUT2D eigenvalue weighted by Gasteiger charge is 2.07. The number of aryl methyl sites for hydroxylation is 1. The SMILES string of the molecule is CCCc1cccc(OO)c1CCC. The summed E-state index contributed by atoms with van der Waals surface area (Å²) in [5.41, 5.74) is 2.44. The Labute approximate surface area is 85.5 Å². The van der Waals surface area contributed by atoms with Crippen LogP contribution in [0.5, 0.6) is 5.75 Å². The van der Waals surface area contributed by atoms with E-state index in [9.17, 15) is 0 Å². The van der Waals surface area contributed by atoms with Gasteiger partial charge in [-0.05, 0) is 24.5 Å². The van der Waals surface area contributed by atoms with E-state index in [1.165, 1.54) is 5.56 Å². The van der Waals surface area contributed by atoms with E-state index in [-0.39, 0.29) is 0 Å². The summed E-state index contributed by atoms with van der Waals surface area (Å²) in [4.78, 5) is 4.38. The minimum atomic E-state index is 0.609. The number of hydrogen-bond donors (Lipinski definition) is 1. The summed E-state index contributed by atoms with van der Waals surface area (Å²) in [5.74, 6) is 0.609. The highest BCUT2D eigenvalue weighted by atomic mass is 17.1. The van der Waals surface area contributed by atoms with Crippen molar-refractivity contribution < 1.29 is 10.1 Å². The molecule has 0 radical (unpaired) electrons. The van der Waals surface area contributed by atoms with Crippen molar-refractivity contribution in [3.05, 3.63) is 29.3 Å². The molecule has 78 valence electrons. The van der Waals surface area contributed by atoms with Gasteiger partial charge in [0.2, 0.25) is 0 Å². The summed E-state index contributed by atoms with van der Waals surface area (Å²) in [5, 5.41) is 8.74. The molecule has 0 spiro atoms. The van der Waals surface area contributed by atoms with Crippen LogP contribution in [-0.4, -0.2) is 5.26 Å². The Morgan fingerprint density at radius 3 is 2.43 bits per heavy atom. The summed E-state index contributed by atoms with van der Waals surface area (Å²) in [7, 11) is 0. The molecule has 0 heterocycles. The molecule has 0 bridgehead atoms. The van der Waals surface area contributed by atoms with Crippen LogP contribution >= 0.6 is 0 Å². The molecule has 2 heteroatoms. The zero-order chi connectivity index (χ0) is 10.4. The van der Waals surface area contributed by atoms with Gasteiger partial charge in [0.15, 0.2) is 5.75 Å². The topological polar surface area (TPSA) is 29.5 Å². The van der Waals surface area contributed by atoms with Crippen LogP contribution in [0.3, 0.4) is 0 Å². The molecule has 1 aromatic carbocycles. The molecule has 0 saturated carbocycles. The average Bonchev–Trinajstić information content (AvgIpc) is 2.21. The van der Waals surface area contributed by atoms with Crippen molar-refractivity contribution in [1.29, 1.82) is 0 Å². The Hall–Kier alpha value is -1.02. The largest absolute Gasteiger partial charge is 0.340 e. The maximum atomic E-state index is 8.74. The molecule has 0 fully saturated rings. The van der Waals surface area contributed by atoms with Gasteiger partial charge in [0.1, 0.15) is 0 Å². The van der Waals surface area contributed by atoms with E-state index < -0.39 is 0 Å². The summed E-state index contributed by atoms with van der Waals surface area (Å²) >= 11 is 0. The van der Waals surface area contributed by atoms with Gasteiger partial charge in [-0.15, -0.1) is 0 Å². The predicted octanol–water partition coefficient (Wildman–Crippen LogP) is 3.44. The van der Waals surface area contributed by atoms with E-state index in [2.05, 4.69) is 24.8 Å². The van der Waals surface area contributed by atoms with Crippen LogP contribution in [0.2, 0.25) is 0 Å². The van der Waals surface area contributed by atoms with E-state index in [1.807, 2.05) is 12.1 Å². The summed E-state index contributed by atoms with van der Waals surface area (Å²) in [6.07, 6.45) is 4.20. The van der Waals surface area contributed by atoms with Gasteiger partial charge in [-0.25, -0.2) is 5.26 Å². The quantitative estimate of drug-likeness (QED) is 0.574. The smallest absolute Gasteiger partial charge is 0.168 e. The molecule has 0 amide bonds. The van der Waals surface area contributed by atoms with Gasteiger partial charge in [-0.2, -0.15) is 0 Å². The second kappa shape index (κ2) is 5.66. The van der Waals surface area contributed by atoms with Crippen molar-refractivity contribution in [2.24, 2.45) is 0 Å². The molecule has 1 rings (SSSR count). The first kappa shape index (κ1) is 11.1. The van der Waals surface area contributed by atoms with Gasteiger partial charge in [-0.3, -0.25) is 0 Å². The van der Waals surface area contributed by atoms with Gasteiger partial charge in [0, 0.05) is 5.56 Å². The zero-order valence-electron chi connectivity index (χ0n) is 8.92. The summed E-state index contributed by atoms with van der Waals surface area (Å²) in [6.45, 7) is 4.28. The van der Waals surface area contributed by atoms with Crippen molar-refractivity contribution in [3.8, 4) is 5.75 Å². The maximum Gasteiger partial charge on any atom is 0.168 e. The molecular formula is C12H18O2. The molecule has 2 nitrogen and oxygen atoms in total. The second-order valence-corrected chi connectivity index (χ2v) is 3.49. The lowest BCUT2D eigenvalue weighted by Gasteiger charge is -2.10. The average molecular weight is 194 g/mol. The molecular weight excluding hydrogens is 176 g/mol. The fraction of sp³-hybridized carbons (Fsp3) is 0.500. The first-order valence-electron chi connectivity index (χ1n) is 5.25.